The number of hydrogen-bond acceptors (Lipinski definition) is 3. The van der Waals surface area contributed by atoms with Gasteiger partial charge in [-0.05, 0) is 50.0 Å². The summed E-state index contributed by atoms with van der Waals surface area (Å²) in [7, 11) is -3.08. The van der Waals surface area contributed by atoms with E-state index in [9.17, 15) is 35.3 Å². The van der Waals surface area contributed by atoms with Crippen LogP contribution in [-0.2, 0) is 17.2 Å². The number of rotatable bonds is 7. The molecule has 0 spiro atoms. The molecule has 1 aliphatic rings. The molecule has 2 N–H and O–H groups in total. The lowest BCUT2D eigenvalue weighted by Gasteiger charge is -2.32. The van der Waals surface area contributed by atoms with Crippen molar-refractivity contribution < 1.29 is 35.3 Å². The van der Waals surface area contributed by atoms with Crippen LogP contribution in [0.1, 0.15) is 28.8 Å². The monoisotopic (exact) mass is 523 g/mol. The van der Waals surface area contributed by atoms with E-state index in [0.717, 1.165) is 12.1 Å². The molecule has 0 radical (unpaired) electrons. The van der Waals surface area contributed by atoms with Crippen LogP contribution < -0.4 is 10.0 Å². The fourth-order valence-electron chi connectivity index (χ4n) is 3.02. The minimum Gasteiger partial charge on any atom is -0.352 e. The second kappa shape index (κ2) is 10.4. The van der Waals surface area contributed by atoms with Crippen LogP contribution in [0.4, 0.5) is 26.3 Å². The van der Waals surface area contributed by atoms with Crippen LogP contribution in [0.2, 0.25) is 0 Å². The molecule has 1 aromatic carbocycles. The number of carbonyl (C=O) groups excluding carboxylic acids is 1. The molecular weight excluding hydrogens is 504 g/mol. The smallest absolute Gasteiger partial charge is 0.352 e. The third-order valence-electron chi connectivity index (χ3n) is 4.62. The van der Waals surface area contributed by atoms with E-state index in [1.54, 1.807) is 0 Å². The van der Waals surface area contributed by atoms with Crippen molar-refractivity contribution in [1.29, 1.82) is 0 Å². The van der Waals surface area contributed by atoms with Crippen molar-refractivity contribution in [1.82, 2.24) is 14.9 Å². The first kappa shape index (κ1) is 25.1. The Bertz CT molecular complexity index is 767. The number of halogens is 7. The summed E-state index contributed by atoms with van der Waals surface area (Å²) in [6.07, 6.45) is -3.21. The molecular formula is C17H20BrF6N3O2S. The van der Waals surface area contributed by atoms with E-state index in [-0.39, 0.29) is 29.0 Å². The van der Waals surface area contributed by atoms with Gasteiger partial charge in [-0.3, -0.25) is 4.79 Å². The lowest BCUT2D eigenvalue weighted by molar-refractivity contribution is -0.137. The zero-order valence-corrected chi connectivity index (χ0v) is 18.0. The number of piperidine rings is 1. The molecule has 1 amide bonds. The van der Waals surface area contributed by atoms with Gasteiger partial charge in [-0.15, -0.1) is 0 Å². The van der Waals surface area contributed by atoms with Crippen LogP contribution in [0, 0.1) is 5.92 Å². The van der Waals surface area contributed by atoms with Gasteiger partial charge in [-0.2, -0.15) is 26.3 Å². The molecule has 0 bridgehead atoms. The van der Waals surface area contributed by atoms with Crippen molar-refractivity contribution in [3.05, 3.63) is 33.8 Å². The Labute approximate surface area is 180 Å². The number of nitrogens with zero attached hydrogens (tertiary/aromatic N) is 1. The number of alkyl halides is 6. The van der Waals surface area contributed by atoms with E-state index in [4.69, 9.17) is 0 Å². The standard InChI is InChI=1S/C17H20BrF6N3O2S/c18-14-8-12(7-13(9-14)16(19,20)21)15(28)25-10-11-1-4-27(5-2-11)6-3-26-30(29)17(22,23)24/h7-9,11,26H,1-6,10H2,(H,25,28). The lowest BCUT2D eigenvalue weighted by Crippen LogP contribution is -2.42. The Hall–Kier alpha value is -1.18. The maximum absolute atomic E-state index is 12.9. The van der Waals surface area contributed by atoms with Crippen LogP contribution in [0.15, 0.2) is 22.7 Å². The maximum Gasteiger partial charge on any atom is 0.485 e. The lowest BCUT2D eigenvalue weighted by atomic mass is 9.96. The van der Waals surface area contributed by atoms with E-state index in [0.29, 0.717) is 32.5 Å². The summed E-state index contributed by atoms with van der Waals surface area (Å²) in [6.45, 7) is 1.71. The van der Waals surface area contributed by atoms with Gasteiger partial charge in [0.05, 0.1) is 5.56 Å². The van der Waals surface area contributed by atoms with Gasteiger partial charge in [0.15, 0.2) is 11.0 Å². The van der Waals surface area contributed by atoms with Crippen molar-refractivity contribution in [2.75, 3.05) is 32.7 Å². The predicted octanol–water partition coefficient (Wildman–Crippen LogP) is 3.68. The Kier molecular flexibility index (Phi) is 8.71. The fourth-order valence-corrected chi connectivity index (χ4v) is 3.95. The predicted molar refractivity (Wildman–Crippen MR) is 103 cm³/mol. The average molecular weight is 524 g/mol. The van der Waals surface area contributed by atoms with Gasteiger partial charge in [0.2, 0.25) is 0 Å². The van der Waals surface area contributed by atoms with Gasteiger partial charge in [0, 0.05) is 29.7 Å². The highest BCUT2D eigenvalue weighted by Gasteiger charge is 2.37. The summed E-state index contributed by atoms with van der Waals surface area (Å²) in [5.74, 6) is -0.500. The van der Waals surface area contributed by atoms with Gasteiger partial charge < -0.3 is 10.2 Å². The Morgan fingerprint density at radius 1 is 1.13 bits per heavy atom. The molecule has 13 heteroatoms. The maximum atomic E-state index is 12.9. The Morgan fingerprint density at radius 3 is 2.33 bits per heavy atom. The zero-order valence-electron chi connectivity index (χ0n) is 15.6. The van der Waals surface area contributed by atoms with Crippen LogP contribution in [0.25, 0.3) is 0 Å². The van der Waals surface area contributed by atoms with Crippen LogP contribution in [0.5, 0.6) is 0 Å². The molecule has 170 valence electrons. The van der Waals surface area contributed by atoms with Crippen molar-refractivity contribution in [2.45, 2.75) is 24.5 Å². The number of hydrogen-bond donors (Lipinski definition) is 2. The number of likely N-dealkylation sites (tertiary alicyclic amines) is 1. The summed E-state index contributed by atoms with van der Waals surface area (Å²) >= 11 is 2.98. The molecule has 1 fully saturated rings. The second-order valence-corrected chi connectivity index (χ2v) is 9.03. The number of nitrogens with one attached hydrogen (secondary N) is 2. The molecule has 0 saturated carbocycles. The van der Waals surface area contributed by atoms with Gasteiger partial charge in [-0.1, -0.05) is 15.9 Å². The molecule has 5 nitrogen and oxygen atoms in total. The van der Waals surface area contributed by atoms with E-state index < -0.39 is 34.1 Å². The van der Waals surface area contributed by atoms with Crippen LogP contribution in [-0.4, -0.2) is 53.2 Å². The molecule has 30 heavy (non-hydrogen) atoms. The molecule has 0 aromatic heterocycles. The molecule has 1 heterocycles. The highest BCUT2D eigenvalue weighted by atomic mass is 79.9. The van der Waals surface area contributed by atoms with Crippen molar-refractivity contribution in [2.24, 2.45) is 5.92 Å². The highest BCUT2D eigenvalue weighted by Crippen LogP contribution is 2.32. The zero-order chi connectivity index (χ0) is 22.5. The van der Waals surface area contributed by atoms with Gasteiger partial charge in [0.1, 0.15) is 0 Å². The number of amides is 1. The average Bonchev–Trinajstić information content (AvgIpc) is 2.65. The summed E-state index contributed by atoms with van der Waals surface area (Å²) in [4.78, 5) is 14.2. The Balaban J connectivity index is 1.75. The van der Waals surface area contributed by atoms with Crippen LogP contribution in [0.3, 0.4) is 0 Å². The number of benzene rings is 1. The van der Waals surface area contributed by atoms with E-state index in [1.165, 1.54) is 6.07 Å². The van der Waals surface area contributed by atoms with Crippen molar-refractivity contribution in [3.63, 3.8) is 0 Å². The summed E-state index contributed by atoms with van der Waals surface area (Å²) in [6, 6.07) is 3.00. The molecule has 1 atom stereocenters. The number of carbonyl (C=O) groups is 1. The molecule has 1 aromatic rings. The second-order valence-electron chi connectivity index (χ2n) is 6.83. The fraction of sp³-hybridized carbons (Fsp3) is 0.588. The first-order chi connectivity index (χ1) is 13.9. The topological polar surface area (TPSA) is 61.4 Å². The van der Waals surface area contributed by atoms with Gasteiger partial charge in [0.25, 0.3) is 5.91 Å². The quantitative estimate of drug-likeness (QED) is 0.536. The van der Waals surface area contributed by atoms with Crippen molar-refractivity contribution >= 4 is 32.8 Å². The van der Waals surface area contributed by atoms with Crippen molar-refractivity contribution in [3.8, 4) is 0 Å². The largest absolute Gasteiger partial charge is 0.485 e. The minimum absolute atomic E-state index is 0.0715. The molecule has 1 saturated heterocycles. The third-order valence-corrected chi connectivity index (χ3v) is 5.96. The first-order valence-corrected chi connectivity index (χ1v) is 10.9. The first-order valence-electron chi connectivity index (χ1n) is 8.96. The van der Waals surface area contributed by atoms with Gasteiger partial charge >= 0.3 is 11.7 Å². The van der Waals surface area contributed by atoms with Crippen LogP contribution >= 0.6 is 15.9 Å². The Morgan fingerprint density at radius 2 is 1.77 bits per heavy atom. The molecule has 1 aliphatic heterocycles. The minimum atomic E-state index is -4.79. The summed E-state index contributed by atoms with van der Waals surface area (Å²) < 4.78 is 88.1. The van der Waals surface area contributed by atoms with E-state index in [1.807, 2.05) is 9.62 Å². The molecule has 0 aliphatic carbocycles. The normalized spacial score (nSPS) is 17.7. The molecule has 1 unspecified atom stereocenters. The summed E-state index contributed by atoms with van der Waals surface area (Å²) in [5, 5.41) is 2.64. The molecule has 2 rings (SSSR count). The SMILES string of the molecule is O=C(NCC1CCN(CCNS(=O)C(F)(F)F)CC1)c1cc(Br)cc(C(F)(F)F)c1. The summed E-state index contributed by atoms with van der Waals surface area (Å²) in [5.41, 5.74) is -5.81. The van der Waals surface area contributed by atoms with E-state index in [2.05, 4.69) is 21.2 Å². The third kappa shape index (κ3) is 7.82. The van der Waals surface area contributed by atoms with Gasteiger partial charge in [-0.25, -0.2) is 8.93 Å². The highest BCUT2D eigenvalue weighted by molar-refractivity contribution is 9.10. The van der Waals surface area contributed by atoms with E-state index >= 15 is 0 Å².